The van der Waals surface area contributed by atoms with Crippen molar-refractivity contribution in [2.24, 2.45) is 0 Å². The van der Waals surface area contributed by atoms with E-state index in [-0.39, 0.29) is 0 Å². The molecule has 1 rings (SSSR count). The largest absolute Gasteiger partial charge is 0.300 e. The maximum atomic E-state index is 11.0. The molecule has 1 aromatic carbocycles. The van der Waals surface area contributed by atoms with E-state index in [1.807, 2.05) is 0 Å². The van der Waals surface area contributed by atoms with Crippen molar-refractivity contribution in [2.45, 2.75) is 58.3 Å². The van der Waals surface area contributed by atoms with Gasteiger partial charge in [0.1, 0.15) is 5.78 Å². The normalized spacial score (nSPS) is 12.4. The van der Waals surface area contributed by atoms with Crippen LogP contribution in [0.5, 0.6) is 0 Å². The van der Waals surface area contributed by atoms with E-state index >= 15 is 0 Å². The number of rotatable bonds is 8. The molecule has 0 saturated heterocycles. The molecule has 1 nitrogen and oxygen atoms in total. The maximum absolute atomic E-state index is 11.0. The summed E-state index contributed by atoms with van der Waals surface area (Å²) in [6, 6.07) is 10.7. The van der Waals surface area contributed by atoms with E-state index in [1.165, 1.54) is 24.8 Å². The summed E-state index contributed by atoms with van der Waals surface area (Å²) < 4.78 is 0. The van der Waals surface area contributed by atoms with Crippen LogP contribution in [-0.4, -0.2) is 5.78 Å². The fourth-order valence-corrected chi connectivity index (χ4v) is 2.25. The van der Waals surface area contributed by atoms with Crippen LogP contribution in [0.4, 0.5) is 0 Å². The van der Waals surface area contributed by atoms with Gasteiger partial charge in [-0.2, -0.15) is 0 Å². The second-order valence-electron chi connectivity index (χ2n) is 4.84. The van der Waals surface area contributed by atoms with Crippen LogP contribution < -0.4 is 0 Å². The van der Waals surface area contributed by atoms with E-state index in [4.69, 9.17) is 0 Å². The Morgan fingerprint density at radius 2 is 1.76 bits per heavy atom. The Morgan fingerprint density at radius 3 is 2.35 bits per heavy atom. The van der Waals surface area contributed by atoms with Gasteiger partial charge >= 0.3 is 0 Å². The van der Waals surface area contributed by atoms with Gasteiger partial charge in [-0.25, -0.2) is 0 Å². The minimum absolute atomic E-state index is 0.312. The summed E-state index contributed by atoms with van der Waals surface area (Å²) in [7, 11) is 0. The molecule has 1 heteroatoms. The molecule has 1 unspecified atom stereocenters. The summed E-state index contributed by atoms with van der Waals surface area (Å²) in [5.74, 6) is 0.947. The van der Waals surface area contributed by atoms with E-state index in [0.29, 0.717) is 11.7 Å². The highest BCUT2D eigenvalue weighted by atomic mass is 16.1. The fourth-order valence-electron chi connectivity index (χ4n) is 2.25. The second kappa shape index (κ2) is 8.05. The van der Waals surface area contributed by atoms with Gasteiger partial charge in [0.15, 0.2) is 0 Å². The van der Waals surface area contributed by atoms with Crippen molar-refractivity contribution in [2.75, 3.05) is 0 Å². The van der Waals surface area contributed by atoms with Gasteiger partial charge < -0.3 is 4.79 Å². The Hall–Kier alpha value is -1.11. The summed E-state index contributed by atoms with van der Waals surface area (Å²) in [5, 5.41) is 0. The third-order valence-corrected chi connectivity index (χ3v) is 3.26. The molecule has 1 atom stereocenters. The molecule has 0 heterocycles. The molecule has 0 aliphatic heterocycles. The second-order valence-corrected chi connectivity index (χ2v) is 4.84. The van der Waals surface area contributed by atoms with Crippen LogP contribution in [0.15, 0.2) is 30.3 Å². The highest BCUT2D eigenvalue weighted by Crippen LogP contribution is 2.27. The van der Waals surface area contributed by atoms with Crippen molar-refractivity contribution in [1.29, 1.82) is 0 Å². The Bertz CT molecular complexity index is 316. The van der Waals surface area contributed by atoms with Gasteiger partial charge in [-0.3, -0.25) is 0 Å². The number of unbranched alkanes of at least 4 members (excludes halogenated alkanes) is 1. The smallest absolute Gasteiger partial charge is 0.129 e. The van der Waals surface area contributed by atoms with Crippen LogP contribution in [0, 0.1) is 0 Å². The molecule has 0 aliphatic carbocycles. The van der Waals surface area contributed by atoms with Gasteiger partial charge in [-0.1, -0.05) is 50.1 Å². The average Bonchev–Trinajstić information content (AvgIpc) is 2.34. The molecule has 1 aromatic rings. The lowest BCUT2D eigenvalue weighted by molar-refractivity contribution is -0.117. The van der Waals surface area contributed by atoms with Gasteiger partial charge in [0.2, 0.25) is 0 Å². The monoisotopic (exact) mass is 232 g/mol. The number of hydrogen-bond acceptors (Lipinski definition) is 1. The first-order chi connectivity index (χ1) is 8.24. The van der Waals surface area contributed by atoms with Gasteiger partial charge in [0.25, 0.3) is 0 Å². The molecule has 0 fully saturated rings. The molecule has 0 spiro atoms. The van der Waals surface area contributed by atoms with Gasteiger partial charge in [0, 0.05) is 6.42 Å². The fraction of sp³-hybridized carbons (Fsp3) is 0.562. The van der Waals surface area contributed by atoms with Crippen molar-refractivity contribution >= 4 is 5.78 Å². The molecule has 94 valence electrons. The highest BCUT2D eigenvalue weighted by Gasteiger charge is 2.10. The highest BCUT2D eigenvalue weighted by molar-refractivity contribution is 5.75. The van der Waals surface area contributed by atoms with Crippen LogP contribution in [0.25, 0.3) is 0 Å². The van der Waals surface area contributed by atoms with Crippen molar-refractivity contribution in [3.05, 3.63) is 35.9 Å². The third-order valence-electron chi connectivity index (χ3n) is 3.26. The van der Waals surface area contributed by atoms with Crippen molar-refractivity contribution in [3.63, 3.8) is 0 Å². The minimum Gasteiger partial charge on any atom is -0.300 e. The van der Waals surface area contributed by atoms with Crippen LogP contribution in [0.1, 0.15) is 63.9 Å². The molecule has 0 aliphatic rings. The zero-order chi connectivity index (χ0) is 12.5. The summed E-state index contributed by atoms with van der Waals surface area (Å²) in [6.07, 6.45) is 6.67. The van der Waals surface area contributed by atoms with Crippen molar-refractivity contribution in [3.8, 4) is 0 Å². The Balaban J connectivity index is 2.51. The SMILES string of the molecule is CCCCC(CCCC(C)=O)c1ccccc1. The van der Waals surface area contributed by atoms with Gasteiger partial charge in [-0.05, 0) is 37.7 Å². The average molecular weight is 232 g/mol. The Kier molecular flexibility index (Phi) is 6.61. The van der Waals surface area contributed by atoms with E-state index in [0.717, 1.165) is 19.3 Å². The van der Waals surface area contributed by atoms with Crippen LogP contribution in [0.2, 0.25) is 0 Å². The molecular formula is C16H24O. The number of carbonyl (C=O) groups is 1. The van der Waals surface area contributed by atoms with E-state index < -0.39 is 0 Å². The standard InChI is InChI=1S/C16H24O/c1-3-4-10-15(13-8-9-14(2)17)16-11-6-5-7-12-16/h5-7,11-12,15H,3-4,8-10,13H2,1-2H3. The summed E-state index contributed by atoms with van der Waals surface area (Å²) >= 11 is 0. The number of carbonyl (C=O) groups excluding carboxylic acids is 1. The number of hydrogen-bond donors (Lipinski definition) is 0. The molecule has 0 amide bonds. The topological polar surface area (TPSA) is 17.1 Å². The van der Waals surface area contributed by atoms with Crippen molar-refractivity contribution in [1.82, 2.24) is 0 Å². The Morgan fingerprint density at radius 1 is 1.12 bits per heavy atom. The molecular weight excluding hydrogens is 208 g/mol. The zero-order valence-corrected chi connectivity index (χ0v) is 11.1. The number of benzene rings is 1. The zero-order valence-electron chi connectivity index (χ0n) is 11.1. The van der Waals surface area contributed by atoms with Gasteiger partial charge in [0.05, 0.1) is 0 Å². The van der Waals surface area contributed by atoms with Crippen molar-refractivity contribution < 1.29 is 4.79 Å². The minimum atomic E-state index is 0.312. The molecule has 0 saturated carbocycles. The van der Waals surface area contributed by atoms with Crippen LogP contribution >= 0.6 is 0 Å². The number of ketones is 1. The summed E-state index contributed by atoms with van der Waals surface area (Å²) in [4.78, 5) is 11.0. The molecule has 0 radical (unpaired) electrons. The quantitative estimate of drug-likeness (QED) is 0.634. The molecule has 0 N–H and O–H groups in total. The first-order valence-electron chi connectivity index (χ1n) is 6.78. The molecule has 17 heavy (non-hydrogen) atoms. The first kappa shape index (κ1) is 14.0. The Labute approximate surface area is 105 Å². The maximum Gasteiger partial charge on any atom is 0.129 e. The third kappa shape index (κ3) is 5.67. The number of Topliss-reactive ketones (excluding diaryl/α,β-unsaturated/α-hetero) is 1. The van der Waals surface area contributed by atoms with E-state index in [1.54, 1.807) is 6.92 Å². The van der Waals surface area contributed by atoms with Crippen LogP contribution in [-0.2, 0) is 4.79 Å². The summed E-state index contributed by atoms with van der Waals surface area (Å²) in [6.45, 7) is 3.92. The molecule has 0 bridgehead atoms. The van der Waals surface area contributed by atoms with Gasteiger partial charge in [-0.15, -0.1) is 0 Å². The van der Waals surface area contributed by atoms with E-state index in [2.05, 4.69) is 37.3 Å². The lowest BCUT2D eigenvalue weighted by atomic mass is 9.89. The predicted molar refractivity (Wildman–Crippen MR) is 73.2 cm³/mol. The lowest BCUT2D eigenvalue weighted by Crippen LogP contribution is -2.00. The molecule has 0 aromatic heterocycles. The van der Waals surface area contributed by atoms with Crippen LogP contribution in [0.3, 0.4) is 0 Å². The predicted octanol–water partition coefficient (Wildman–Crippen LogP) is 4.72. The summed E-state index contributed by atoms with van der Waals surface area (Å²) in [5.41, 5.74) is 1.43. The van der Waals surface area contributed by atoms with E-state index in [9.17, 15) is 4.79 Å². The lowest BCUT2D eigenvalue weighted by Gasteiger charge is -2.16. The first-order valence-corrected chi connectivity index (χ1v) is 6.78.